The van der Waals surface area contributed by atoms with Crippen LogP contribution >= 0.6 is 0 Å². The second-order valence-electron chi connectivity index (χ2n) is 6.23. The lowest BCUT2D eigenvalue weighted by Gasteiger charge is -2.16. The standard InChI is InChI=1S/C16H22N2O3/c1-21-16-7-2-11(8-15(16)18(19)20)9-17-10-14(12-3-4-12)13-5-6-13/h2,7-8,12-14,17H,3-6,9-10H2,1H3. The molecule has 114 valence electrons. The monoisotopic (exact) mass is 290 g/mol. The number of rotatable bonds is 8. The van der Waals surface area contributed by atoms with Gasteiger partial charge in [0.1, 0.15) is 0 Å². The molecule has 0 bridgehead atoms. The van der Waals surface area contributed by atoms with E-state index in [1.54, 1.807) is 12.1 Å². The first-order chi connectivity index (χ1) is 10.2. The van der Waals surface area contributed by atoms with E-state index in [2.05, 4.69) is 5.32 Å². The number of nitro benzene ring substituents is 1. The van der Waals surface area contributed by atoms with E-state index in [-0.39, 0.29) is 10.6 Å². The highest BCUT2D eigenvalue weighted by atomic mass is 16.6. The van der Waals surface area contributed by atoms with Gasteiger partial charge in [0.15, 0.2) is 5.75 Å². The molecule has 2 aliphatic carbocycles. The maximum atomic E-state index is 11.0. The van der Waals surface area contributed by atoms with Crippen molar-refractivity contribution in [1.82, 2.24) is 5.32 Å². The molecular weight excluding hydrogens is 268 g/mol. The number of methoxy groups -OCH3 is 1. The summed E-state index contributed by atoms with van der Waals surface area (Å²) >= 11 is 0. The van der Waals surface area contributed by atoms with Crippen LogP contribution in [-0.4, -0.2) is 18.6 Å². The van der Waals surface area contributed by atoms with Crippen LogP contribution < -0.4 is 10.1 Å². The number of hydrogen-bond donors (Lipinski definition) is 1. The van der Waals surface area contributed by atoms with Crippen molar-refractivity contribution in [3.8, 4) is 5.75 Å². The molecule has 0 aliphatic heterocycles. The van der Waals surface area contributed by atoms with Crippen molar-refractivity contribution >= 4 is 5.69 Å². The number of nitro groups is 1. The average Bonchev–Trinajstić information content (AvgIpc) is 3.37. The molecule has 0 heterocycles. The second kappa shape index (κ2) is 6.02. The number of hydrogen-bond acceptors (Lipinski definition) is 4. The number of benzene rings is 1. The Morgan fingerprint density at radius 2 is 2.00 bits per heavy atom. The van der Waals surface area contributed by atoms with Gasteiger partial charge in [0.05, 0.1) is 12.0 Å². The van der Waals surface area contributed by atoms with Crippen molar-refractivity contribution < 1.29 is 9.66 Å². The fourth-order valence-electron chi connectivity index (χ4n) is 3.14. The molecule has 1 aromatic rings. The molecule has 0 spiro atoms. The van der Waals surface area contributed by atoms with Gasteiger partial charge in [-0.2, -0.15) is 0 Å². The lowest BCUT2D eigenvalue weighted by atomic mass is 9.98. The minimum atomic E-state index is -0.389. The first kappa shape index (κ1) is 14.3. The van der Waals surface area contributed by atoms with Gasteiger partial charge < -0.3 is 10.1 Å². The van der Waals surface area contributed by atoms with E-state index in [9.17, 15) is 10.1 Å². The smallest absolute Gasteiger partial charge is 0.311 e. The quantitative estimate of drug-likeness (QED) is 0.590. The molecule has 2 aliphatic rings. The Balaban J connectivity index is 1.57. The molecule has 5 heteroatoms. The normalized spacial score (nSPS) is 18.0. The summed E-state index contributed by atoms with van der Waals surface area (Å²) in [5.74, 6) is 2.99. The Morgan fingerprint density at radius 3 is 2.52 bits per heavy atom. The van der Waals surface area contributed by atoms with E-state index in [4.69, 9.17) is 4.74 Å². The molecule has 2 fully saturated rings. The summed E-state index contributed by atoms with van der Waals surface area (Å²) in [5, 5.41) is 14.5. The highest BCUT2D eigenvalue weighted by molar-refractivity contribution is 5.48. The largest absolute Gasteiger partial charge is 0.490 e. The van der Waals surface area contributed by atoms with Crippen molar-refractivity contribution in [2.45, 2.75) is 32.2 Å². The summed E-state index contributed by atoms with van der Waals surface area (Å²) in [4.78, 5) is 10.6. The third-order valence-electron chi connectivity index (χ3n) is 4.60. The van der Waals surface area contributed by atoms with E-state index in [1.807, 2.05) is 6.07 Å². The van der Waals surface area contributed by atoms with Crippen LogP contribution in [-0.2, 0) is 6.54 Å². The van der Waals surface area contributed by atoms with Crippen molar-refractivity contribution in [3.05, 3.63) is 33.9 Å². The van der Waals surface area contributed by atoms with Crippen LogP contribution in [0.4, 0.5) is 5.69 Å². The number of ether oxygens (including phenoxy) is 1. The van der Waals surface area contributed by atoms with Crippen LogP contribution in [0.3, 0.4) is 0 Å². The van der Waals surface area contributed by atoms with Crippen molar-refractivity contribution in [2.24, 2.45) is 17.8 Å². The molecule has 0 atom stereocenters. The molecule has 0 radical (unpaired) electrons. The van der Waals surface area contributed by atoms with Crippen LogP contribution in [0.25, 0.3) is 0 Å². The zero-order valence-corrected chi connectivity index (χ0v) is 12.4. The third-order valence-corrected chi connectivity index (χ3v) is 4.60. The molecule has 1 N–H and O–H groups in total. The highest BCUT2D eigenvalue weighted by Crippen LogP contribution is 2.48. The zero-order valence-electron chi connectivity index (χ0n) is 12.4. The average molecular weight is 290 g/mol. The summed E-state index contributed by atoms with van der Waals surface area (Å²) in [7, 11) is 1.45. The Bertz CT molecular complexity index is 512. The Morgan fingerprint density at radius 1 is 1.33 bits per heavy atom. The molecule has 0 aromatic heterocycles. The molecule has 3 rings (SSSR count). The summed E-state index contributed by atoms with van der Waals surface area (Å²) in [6, 6.07) is 5.17. The van der Waals surface area contributed by atoms with Gasteiger partial charge in [-0.3, -0.25) is 10.1 Å². The topological polar surface area (TPSA) is 64.4 Å². The summed E-state index contributed by atoms with van der Waals surface area (Å²) in [6.07, 6.45) is 5.54. The molecule has 5 nitrogen and oxygen atoms in total. The molecule has 0 saturated heterocycles. The lowest BCUT2D eigenvalue weighted by molar-refractivity contribution is -0.385. The highest BCUT2D eigenvalue weighted by Gasteiger charge is 2.40. The van der Waals surface area contributed by atoms with Crippen LogP contribution in [0.1, 0.15) is 31.2 Å². The maximum Gasteiger partial charge on any atom is 0.311 e. The zero-order chi connectivity index (χ0) is 14.8. The summed E-state index contributed by atoms with van der Waals surface area (Å²) < 4.78 is 5.02. The summed E-state index contributed by atoms with van der Waals surface area (Å²) in [5.41, 5.74) is 0.977. The van der Waals surface area contributed by atoms with Gasteiger partial charge in [-0.05, 0) is 61.6 Å². The van der Waals surface area contributed by atoms with Crippen molar-refractivity contribution in [3.63, 3.8) is 0 Å². The van der Waals surface area contributed by atoms with E-state index in [0.717, 1.165) is 29.9 Å². The predicted octanol–water partition coefficient (Wildman–Crippen LogP) is 3.13. The molecule has 0 unspecified atom stereocenters. The van der Waals surface area contributed by atoms with E-state index in [1.165, 1.54) is 32.8 Å². The van der Waals surface area contributed by atoms with E-state index < -0.39 is 0 Å². The second-order valence-corrected chi connectivity index (χ2v) is 6.23. The van der Waals surface area contributed by atoms with Gasteiger partial charge >= 0.3 is 5.69 Å². The lowest BCUT2D eigenvalue weighted by Crippen LogP contribution is -2.25. The van der Waals surface area contributed by atoms with Gasteiger partial charge in [0.2, 0.25) is 0 Å². The van der Waals surface area contributed by atoms with Gasteiger partial charge in [-0.25, -0.2) is 0 Å². The van der Waals surface area contributed by atoms with Crippen molar-refractivity contribution in [1.29, 1.82) is 0 Å². The van der Waals surface area contributed by atoms with Crippen LogP contribution in [0, 0.1) is 27.9 Å². The SMILES string of the molecule is COc1ccc(CNCC(C2CC2)C2CC2)cc1[N+](=O)[O-]. The Labute approximate surface area is 124 Å². The Kier molecular flexibility index (Phi) is 4.10. The molecule has 0 amide bonds. The molecular formula is C16H22N2O3. The van der Waals surface area contributed by atoms with E-state index >= 15 is 0 Å². The molecule has 2 saturated carbocycles. The van der Waals surface area contributed by atoms with E-state index in [0.29, 0.717) is 12.3 Å². The predicted molar refractivity (Wildman–Crippen MR) is 80.3 cm³/mol. The molecule has 21 heavy (non-hydrogen) atoms. The van der Waals surface area contributed by atoms with Gasteiger partial charge in [0, 0.05) is 12.6 Å². The first-order valence-electron chi connectivity index (χ1n) is 7.71. The van der Waals surface area contributed by atoms with Crippen LogP contribution in [0.5, 0.6) is 5.75 Å². The minimum absolute atomic E-state index is 0.0396. The summed E-state index contributed by atoms with van der Waals surface area (Å²) in [6.45, 7) is 1.72. The maximum absolute atomic E-state index is 11.0. The van der Waals surface area contributed by atoms with Crippen LogP contribution in [0.15, 0.2) is 18.2 Å². The fraction of sp³-hybridized carbons (Fsp3) is 0.625. The fourth-order valence-corrected chi connectivity index (χ4v) is 3.14. The van der Waals surface area contributed by atoms with Gasteiger partial charge in [-0.1, -0.05) is 6.07 Å². The van der Waals surface area contributed by atoms with Crippen LogP contribution in [0.2, 0.25) is 0 Å². The first-order valence-corrected chi connectivity index (χ1v) is 7.71. The van der Waals surface area contributed by atoms with Gasteiger partial charge in [-0.15, -0.1) is 0 Å². The van der Waals surface area contributed by atoms with Gasteiger partial charge in [0.25, 0.3) is 0 Å². The van der Waals surface area contributed by atoms with Crippen molar-refractivity contribution in [2.75, 3.05) is 13.7 Å². The number of nitrogens with one attached hydrogen (secondary N) is 1. The minimum Gasteiger partial charge on any atom is -0.490 e. The third kappa shape index (κ3) is 3.53. The Hall–Kier alpha value is -1.62. The number of nitrogens with zero attached hydrogens (tertiary/aromatic N) is 1. The molecule has 1 aromatic carbocycles.